The second-order valence-corrected chi connectivity index (χ2v) is 11.1. The van der Waals surface area contributed by atoms with Crippen LogP contribution in [-0.4, -0.2) is 41.1 Å². The van der Waals surface area contributed by atoms with Crippen LogP contribution in [0.2, 0.25) is 10.0 Å². The third kappa shape index (κ3) is 3.76. The van der Waals surface area contributed by atoms with Crippen molar-refractivity contribution in [2.75, 3.05) is 11.5 Å². The topological polar surface area (TPSA) is 67.6 Å². The largest absolute Gasteiger partial charge is 0.457 e. The van der Waals surface area contributed by atoms with Gasteiger partial charge in [0.25, 0.3) is 5.91 Å². The molecule has 0 N–H and O–H groups in total. The lowest BCUT2D eigenvalue weighted by Gasteiger charge is -2.20. The number of furan rings is 1. The van der Waals surface area contributed by atoms with Crippen LogP contribution in [0.15, 0.2) is 39.7 Å². The minimum atomic E-state index is -3.12. The SMILES string of the molecule is O=C1/C(=C\c2ccc(-c3cccc(Cl)c3Cl)o2)SC(=S)N1[C@@H]1CCS(=O)(=O)C1. The van der Waals surface area contributed by atoms with Gasteiger partial charge in [0.15, 0.2) is 9.84 Å². The summed E-state index contributed by atoms with van der Waals surface area (Å²) < 4.78 is 29.6. The highest BCUT2D eigenvalue weighted by molar-refractivity contribution is 8.26. The average Bonchev–Trinajstić information content (AvgIpc) is 3.29. The predicted octanol–water partition coefficient (Wildman–Crippen LogP) is 4.64. The van der Waals surface area contributed by atoms with E-state index in [1.54, 1.807) is 36.4 Å². The Morgan fingerprint density at radius 2 is 2.04 bits per heavy atom. The second-order valence-electron chi connectivity index (χ2n) is 6.41. The van der Waals surface area contributed by atoms with Crippen molar-refractivity contribution in [3.05, 3.63) is 51.0 Å². The van der Waals surface area contributed by atoms with E-state index in [-0.39, 0.29) is 17.4 Å². The molecule has 2 aromatic rings. The zero-order valence-electron chi connectivity index (χ0n) is 14.2. The van der Waals surface area contributed by atoms with Gasteiger partial charge in [0.2, 0.25) is 0 Å². The Morgan fingerprint density at radius 3 is 2.75 bits per heavy atom. The molecule has 0 radical (unpaired) electrons. The first-order valence-corrected chi connectivity index (χ1v) is 12.1. The molecule has 5 nitrogen and oxygen atoms in total. The summed E-state index contributed by atoms with van der Waals surface area (Å²) in [4.78, 5) is 14.6. The van der Waals surface area contributed by atoms with E-state index in [4.69, 9.17) is 39.8 Å². The van der Waals surface area contributed by atoms with Crippen molar-refractivity contribution in [3.63, 3.8) is 0 Å². The van der Waals surface area contributed by atoms with E-state index in [9.17, 15) is 13.2 Å². The minimum Gasteiger partial charge on any atom is -0.457 e. The Morgan fingerprint density at radius 1 is 1.25 bits per heavy atom. The van der Waals surface area contributed by atoms with Crippen molar-refractivity contribution in [2.45, 2.75) is 12.5 Å². The van der Waals surface area contributed by atoms with Crippen molar-refractivity contribution < 1.29 is 17.6 Å². The maximum Gasteiger partial charge on any atom is 0.266 e. The number of hydrogen-bond acceptors (Lipinski definition) is 6. The smallest absolute Gasteiger partial charge is 0.266 e. The first kappa shape index (κ1) is 20.0. The summed E-state index contributed by atoms with van der Waals surface area (Å²) in [5, 5.41) is 0.809. The van der Waals surface area contributed by atoms with Crippen LogP contribution in [0.25, 0.3) is 17.4 Å². The number of thiocarbonyl (C=S) groups is 1. The van der Waals surface area contributed by atoms with Crippen LogP contribution >= 0.6 is 47.2 Å². The summed E-state index contributed by atoms with van der Waals surface area (Å²) in [5.41, 5.74) is 0.650. The van der Waals surface area contributed by atoms with Gasteiger partial charge in [-0.15, -0.1) is 0 Å². The maximum absolute atomic E-state index is 12.8. The average molecular weight is 474 g/mol. The molecule has 1 atom stereocenters. The van der Waals surface area contributed by atoms with Crippen molar-refractivity contribution in [2.24, 2.45) is 0 Å². The number of halogens is 2. The van der Waals surface area contributed by atoms with Crippen LogP contribution in [0.5, 0.6) is 0 Å². The summed E-state index contributed by atoms with van der Waals surface area (Å²) in [7, 11) is -3.12. The highest BCUT2D eigenvalue weighted by Gasteiger charge is 2.42. The summed E-state index contributed by atoms with van der Waals surface area (Å²) in [5.74, 6) is 0.721. The van der Waals surface area contributed by atoms with E-state index >= 15 is 0 Å². The third-order valence-electron chi connectivity index (χ3n) is 4.51. The number of amides is 1. The number of hydrogen-bond donors (Lipinski definition) is 0. The van der Waals surface area contributed by atoms with Gasteiger partial charge in [-0.1, -0.05) is 53.2 Å². The normalized spacial score (nSPS) is 23.1. The van der Waals surface area contributed by atoms with Gasteiger partial charge in [-0.2, -0.15) is 0 Å². The zero-order valence-corrected chi connectivity index (χ0v) is 18.2. The standard InChI is InChI=1S/C18H13Cl2NO4S3/c19-13-3-1-2-12(16(13)20)14-5-4-11(25-14)8-15-17(22)21(18(26)27-15)10-6-7-28(23,24)9-10/h1-5,8,10H,6-7,9H2/b15-8+/t10-/m1/s1. The van der Waals surface area contributed by atoms with Gasteiger partial charge in [0.1, 0.15) is 15.8 Å². The predicted molar refractivity (Wildman–Crippen MR) is 116 cm³/mol. The Hall–Kier alpha value is -1.32. The van der Waals surface area contributed by atoms with Crippen LogP contribution in [0.3, 0.4) is 0 Å². The monoisotopic (exact) mass is 473 g/mol. The van der Waals surface area contributed by atoms with E-state index in [2.05, 4.69) is 0 Å². The number of thioether (sulfide) groups is 1. The Balaban J connectivity index is 1.59. The number of sulfone groups is 1. The van der Waals surface area contributed by atoms with Crippen LogP contribution in [-0.2, 0) is 14.6 Å². The molecule has 2 fully saturated rings. The molecule has 0 aliphatic carbocycles. The molecule has 1 amide bonds. The Labute approximate surface area is 181 Å². The zero-order chi connectivity index (χ0) is 20.1. The molecular formula is C18H13Cl2NO4S3. The van der Waals surface area contributed by atoms with Crippen molar-refractivity contribution in [3.8, 4) is 11.3 Å². The van der Waals surface area contributed by atoms with Crippen molar-refractivity contribution in [1.29, 1.82) is 0 Å². The fourth-order valence-electron chi connectivity index (χ4n) is 3.17. The molecule has 0 spiro atoms. The first-order chi connectivity index (χ1) is 13.2. The van der Waals surface area contributed by atoms with Gasteiger partial charge in [-0.25, -0.2) is 8.42 Å². The molecule has 2 aliphatic heterocycles. The number of rotatable bonds is 3. The third-order valence-corrected chi connectivity index (χ3v) is 8.41. The fourth-order valence-corrected chi connectivity index (χ4v) is 6.65. The molecule has 1 aromatic carbocycles. The molecule has 1 aromatic heterocycles. The molecule has 0 unspecified atom stereocenters. The lowest BCUT2D eigenvalue weighted by Crippen LogP contribution is -2.39. The van der Waals surface area contributed by atoms with Gasteiger partial charge in [-0.05, 0) is 30.7 Å². The number of nitrogens with zero attached hydrogens (tertiary/aromatic N) is 1. The summed E-state index contributed by atoms with van der Waals surface area (Å²) in [6.07, 6.45) is 2.00. The Kier molecular flexibility index (Phi) is 5.35. The van der Waals surface area contributed by atoms with Crippen molar-refractivity contribution in [1.82, 2.24) is 4.90 Å². The number of benzene rings is 1. The number of carbonyl (C=O) groups is 1. The lowest BCUT2D eigenvalue weighted by atomic mass is 10.2. The highest BCUT2D eigenvalue weighted by Crippen LogP contribution is 2.38. The van der Waals surface area contributed by atoms with E-state index in [1.807, 2.05) is 0 Å². The van der Waals surface area contributed by atoms with Crippen LogP contribution in [0.1, 0.15) is 12.2 Å². The molecule has 0 saturated carbocycles. The van der Waals surface area contributed by atoms with E-state index < -0.39 is 15.9 Å². The van der Waals surface area contributed by atoms with Crippen molar-refractivity contribution >= 4 is 73.3 Å². The fraction of sp³-hybridized carbons (Fsp3) is 0.222. The molecule has 10 heteroatoms. The van der Waals surface area contributed by atoms with Crippen LogP contribution in [0, 0.1) is 0 Å². The lowest BCUT2D eigenvalue weighted by molar-refractivity contribution is -0.123. The van der Waals surface area contributed by atoms with Gasteiger partial charge < -0.3 is 4.42 Å². The van der Waals surface area contributed by atoms with Gasteiger partial charge in [-0.3, -0.25) is 9.69 Å². The minimum absolute atomic E-state index is 0.0507. The van der Waals surface area contributed by atoms with E-state index in [0.717, 1.165) is 11.8 Å². The molecule has 3 heterocycles. The van der Waals surface area contributed by atoms with E-state index in [0.29, 0.717) is 42.8 Å². The molecule has 28 heavy (non-hydrogen) atoms. The van der Waals surface area contributed by atoms with Gasteiger partial charge in [0, 0.05) is 11.6 Å². The molecule has 146 valence electrons. The van der Waals surface area contributed by atoms with Gasteiger partial charge in [0.05, 0.1) is 32.5 Å². The number of carbonyl (C=O) groups excluding carboxylic acids is 1. The van der Waals surface area contributed by atoms with Crippen LogP contribution < -0.4 is 0 Å². The first-order valence-electron chi connectivity index (χ1n) is 8.27. The molecule has 0 bridgehead atoms. The molecule has 2 aliphatic rings. The molecule has 2 saturated heterocycles. The Bertz CT molecular complexity index is 1120. The summed E-state index contributed by atoms with van der Waals surface area (Å²) >= 11 is 18.7. The maximum atomic E-state index is 12.8. The molecule has 4 rings (SSSR count). The summed E-state index contributed by atoms with van der Waals surface area (Å²) in [6.45, 7) is 0. The van der Waals surface area contributed by atoms with Gasteiger partial charge >= 0.3 is 0 Å². The van der Waals surface area contributed by atoms with E-state index in [1.165, 1.54) is 4.90 Å². The quantitative estimate of drug-likeness (QED) is 0.477. The highest BCUT2D eigenvalue weighted by atomic mass is 35.5. The second kappa shape index (κ2) is 7.50. The van der Waals surface area contributed by atoms with Crippen LogP contribution in [0.4, 0.5) is 0 Å². The molecular weight excluding hydrogens is 461 g/mol. The summed E-state index contributed by atoms with van der Waals surface area (Å²) in [6, 6.07) is 8.31.